The summed E-state index contributed by atoms with van der Waals surface area (Å²) >= 11 is 0. The fraction of sp³-hybridized carbons (Fsp3) is 0.176. The van der Waals surface area contributed by atoms with Gasteiger partial charge in [-0.25, -0.2) is 0 Å². The zero-order valence-electron chi connectivity index (χ0n) is 12.9. The lowest BCUT2D eigenvalue weighted by atomic mass is 10.1. The number of nitrogens with zero attached hydrogens (tertiary/aromatic N) is 1. The summed E-state index contributed by atoms with van der Waals surface area (Å²) in [5.41, 5.74) is 7.71. The van der Waals surface area contributed by atoms with Crippen molar-refractivity contribution in [3.05, 3.63) is 65.2 Å². The van der Waals surface area contributed by atoms with Crippen LogP contribution in [0.4, 0.5) is 5.69 Å². The van der Waals surface area contributed by atoms with E-state index in [-0.39, 0.29) is 11.8 Å². The minimum atomic E-state index is -0.354. The molecule has 2 aromatic rings. The number of hydrogen-bond donors (Lipinski definition) is 2. The van der Waals surface area contributed by atoms with Gasteiger partial charge in [0.1, 0.15) is 0 Å². The molecule has 22 heavy (non-hydrogen) atoms. The van der Waals surface area contributed by atoms with E-state index in [2.05, 4.69) is 10.9 Å². The number of rotatable bonds is 3. The van der Waals surface area contributed by atoms with Crippen LogP contribution in [0.15, 0.2) is 48.5 Å². The molecule has 2 rings (SSSR count). The zero-order chi connectivity index (χ0) is 16.1. The summed E-state index contributed by atoms with van der Waals surface area (Å²) in [6.45, 7) is 1.84. The molecule has 0 fully saturated rings. The molecule has 0 aliphatic heterocycles. The van der Waals surface area contributed by atoms with Gasteiger partial charge in [0.2, 0.25) is 0 Å². The number of amides is 2. The molecule has 0 aliphatic carbocycles. The molecule has 0 unspecified atom stereocenters. The topological polar surface area (TPSA) is 61.4 Å². The van der Waals surface area contributed by atoms with Crippen molar-refractivity contribution in [2.24, 2.45) is 0 Å². The lowest BCUT2D eigenvalue weighted by Gasteiger charge is -2.13. The van der Waals surface area contributed by atoms with Gasteiger partial charge in [-0.2, -0.15) is 0 Å². The van der Waals surface area contributed by atoms with Crippen molar-refractivity contribution in [3.63, 3.8) is 0 Å². The third-order valence-electron chi connectivity index (χ3n) is 3.33. The molecule has 0 heterocycles. The van der Waals surface area contributed by atoms with Crippen LogP contribution < -0.4 is 15.8 Å². The highest BCUT2D eigenvalue weighted by Gasteiger charge is 2.10. The van der Waals surface area contributed by atoms with E-state index in [1.807, 2.05) is 50.2 Å². The van der Waals surface area contributed by atoms with Gasteiger partial charge in [-0.05, 0) is 42.8 Å². The van der Waals surface area contributed by atoms with Crippen molar-refractivity contribution in [1.82, 2.24) is 10.9 Å². The standard InChI is InChI=1S/C17H19N3O2/c1-12-6-4-5-7-15(12)17(22)19-18-16(21)13-8-10-14(11-9-13)20(2)3/h4-11H,1-3H3,(H,18,21)(H,19,22). The monoisotopic (exact) mass is 297 g/mol. The van der Waals surface area contributed by atoms with Crippen molar-refractivity contribution >= 4 is 17.5 Å². The maximum Gasteiger partial charge on any atom is 0.269 e. The molecule has 0 saturated carbocycles. The van der Waals surface area contributed by atoms with Gasteiger partial charge in [0.15, 0.2) is 0 Å². The predicted molar refractivity (Wildman–Crippen MR) is 86.9 cm³/mol. The maximum absolute atomic E-state index is 12.0. The largest absolute Gasteiger partial charge is 0.378 e. The number of carbonyl (C=O) groups excluding carboxylic acids is 2. The van der Waals surface area contributed by atoms with Crippen LogP contribution >= 0.6 is 0 Å². The smallest absolute Gasteiger partial charge is 0.269 e. The molecule has 0 aromatic heterocycles. The lowest BCUT2D eigenvalue weighted by molar-refractivity contribution is 0.0846. The molecule has 0 aliphatic rings. The Morgan fingerprint density at radius 2 is 1.45 bits per heavy atom. The Balaban J connectivity index is 1.98. The van der Waals surface area contributed by atoms with Gasteiger partial charge >= 0.3 is 0 Å². The van der Waals surface area contributed by atoms with E-state index in [9.17, 15) is 9.59 Å². The molecule has 2 N–H and O–H groups in total. The van der Waals surface area contributed by atoms with Gasteiger partial charge in [-0.1, -0.05) is 18.2 Å². The van der Waals surface area contributed by atoms with Crippen molar-refractivity contribution in [2.75, 3.05) is 19.0 Å². The molecule has 0 spiro atoms. The second kappa shape index (κ2) is 6.76. The lowest BCUT2D eigenvalue weighted by Crippen LogP contribution is -2.41. The van der Waals surface area contributed by atoms with E-state index in [1.165, 1.54) is 0 Å². The zero-order valence-corrected chi connectivity index (χ0v) is 12.9. The fourth-order valence-corrected chi connectivity index (χ4v) is 1.99. The number of carbonyl (C=O) groups is 2. The first kappa shape index (κ1) is 15.6. The Labute approximate surface area is 129 Å². The van der Waals surface area contributed by atoms with Gasteiger partial charge in [-0.15, -0.1) is 0 Å². The van der Waals surface area contributed by atoms with Gasteiger partial charge in [0, 0.05) is 30.9 Å². The summed E-state index contributed by atoms with van der Waals surface area (Å²) in [4.78, 5) is 26.0. The second-order valence-electron chi connectivity index (χ2n) is 5.16. The van der Waals surface area contributed by atoms with Crippen LogP contribution in [-0.2, 0) is 0 Å². The van der Waals surface area contributed by atoms with Crippen molar-refractivity contribution in [1.29, 1.82) is 0 Å². The summed E-state index contributed by atoms with van der Waals surface area (Å²) in [7, 11) is 3.86. The average molecular weight is 297 g/mol. The van der Waals surface area contributed by atoms with E-state index in [0.717, 1.165) is 11.3 Å². The van der Waals surface area contributed by atoms with Crippen LogP contribution in [0, 0.1) is 6.92 Å². The van der Waals surface area contributed by atoms with Crippen LogP contribution in [-0.4, -0.2) is 25.9 Å². The number of hydrogen-bond acceptors (Lipinski definition) is 3. The van der Waals surface area contributed by atoms with E-state index >= 15 is 0 Å². The molecule has 2 aromatic carbocycles. The van der Waals surface area contributed by atoms with Gasteiger partial charge < -0.3 is 4.90 Å². The van der Waals surface area contributed by atoms with Gasteiger partial charge in [0.05, 0.1) is 0 Å². The number of benzene rings is 2. The average Bonchev–Trinajstić information content (AvgIpc) is 2.52. The maximum atomic E-state index is 12.0. The third kappa shape index (κ3) is 3.63. The summed E-state index contributed by atoms with van der Waals surface area (Å²) in [6.07, 6.45) is 0. The van der Waals surface area contributed by atoms with Crippen molar-refractivity contribution in [3.8, 4) is 0 Å². The Morgan fingerprint density at radius 1 is 0.864 bits per heavy atom. The van der Waals surface area contributed by atoms with Crippen LogP contribution in [0.5, 0.6) is 0 Å². The highest BCUT2D eigenvalue weighted by atomic mass is 16.2. The Bertz CT molecular complexity index is 679. The first-order valence-electron chi connectivity index (χ1n) is 6.92. The highest BCUT2D eigenvalue weighted by molar-refractivity contribution is 5.99. The Hall–Kier alpha value is -2.82. The van der Waals surface area contributed by atoms with E-state index in [1.54, 1.807) is 24.3 Å². The molecule has 0 saturated heterocycles. The Kier molecular flexibility index (Phi) is 4.78. The minimum absolute atomic E-state index is 0.337. The summed E-state index contributed by atoms with van der Waals surface area (Å²) in [5.74, 6) is -0.691. The number of hydrazine groups is 1. The molecule has 0 bridgehead atoms. The number of aryl methyl sites for hydroxylation is 1. The molecule has 5 nitrogen and oxygen atoms in total. The third-order valence-corrected chi connectivity index (χ3v) is 3.33. The van der Waals surface area contributed by atoms with Crippen LogP contribution in [0.2, 0.25) is 0 Å². The molecule has 5 heteroatoms. The first-order chi connectivity index (χ1) is 10.5. The van der Waals surface area contributed by atoms with E-state index in [4.69, 9.17) is 0 Å². The molecule has 2 amide bonds. The first-order valence-corrected chi connectivity index (χ1v) is 6.92. The Morgan fingerprint density at radius 3 is 2.05 bits per heavy atom. The quantitative estimate of drug-likeness (QED) is 0.853. The van der Waals surface area contributed by atoms with Crippen LogP contribution in [0.3, 0.4) is 0 Å². The fourth-order valence-electron chi connectivity index (χ4n) is 1.99. The van der Waals surface area contributed by atoms with Crippen LogP contribution in [0.1, 0.15) is 26.3 Å². The molecular formula is C17H19N3O2. The van der Waals surface area contributed by atoms with Gasteiger partial charge in [-0.3, -0.25) is 20.4 Å². The minimum Gasteiger partial charge on any atom is -0.378 e. The second-order valence-corrected chi connectivity index (χ2v) is 5.16. The molecule has 114 valence electrons. The van der Waals surface area contributed by atoms with Gasteiger partial charge in [0.25, 0.3) is 11.8 Å². The predicted octanol–water partition coefficient (Wildman–Crippen LogP) is 2.14. The van der Waals surface area contributed by atoms with E-state index in [0.29, 0.717) is 11.1 Å². The number of nitrogens with one attached hydrogen (secondary N) is 2. The van der Waals surface area contributed by atoms with Crippen LogP contribution in [0.25, 0.3) is 0 Å². The molecule has 0 radical (unpaired) electrons. The van der Waals surface area contributed by atoms with Crippen molar-refractivity contribution in [2.45, 2.75) is 6.92 Å². The van der Waals surface area contributed by atoms with Crippen molar-refractivity contribution < 1.29 is 9.59 Å². The molecular weight excluding hydrogens is 278 g/mol. The number of anilines is 1. The highest BCUT2D eigenvalue weighted by Crippen LogP contribution is 2.12. The summed E-state index contributed by atoms with van der Waals surface area (Å²) < 4.78 is 0. The van der Waals surface area contributed by atoms with E-state index < -0.39 is 0 Å². The SMILES string of the molecule is Cc1ccccc1C(=O)NNC(=O)c1ccc(N(C)C)cc1. The summed E-state index contributed by atoms with van der Waals surface area (Å²) in [5, 5.41) is 0. The molecule has 0 atom stereocenters. The summed E-state index contributed by atoms with van der Waals surface area (Å²) in [6, 6.07) is 14.3. The normalized spacial score (nSPS) is 9.95.